The van der Waals surface area contributed by atoms with Crippen LogP contribution in [0.15, 0.2) is 59.5 Å². The Morgan fingerprint density at radius 1 is 1.03 bits per heavy atom. The maximum absolute atomic E-state index is 13.3. The molecule has 0 bridgehead atoms. The van der Waals surface area contributed by atoms with Crippen molar-refractivity contribution in [2.45, 2.75) is 31.8 Å². The third-order valence-electron chi connectivity index (χ3n) is 4.48. The quantitative estimate of drug-likeness (QED) is 0.602. The highest BCUT2D eigenvalue weighted by atomic mass is 32.2. The van der Waals surface area contributed by atoms with E-state index >= 15 is 0 Å². The summed E-state index contributed by atoms with van der Waals surface area (Å²) >= 11 is 0. The first-order valence-electron chi connectivity index (χ1n) is 9.24. The van der Waals surface area contributed by atoms with E-state index in [0.29, 0.717) is 29.1 Å². The Balaban J connectivity index is 1.74. The van der Waals surface area contributed by atoms with Gasteiger partial charge >= 0.3 is 0 Å². The Labute approximate surface area is 175 Å². The number of pyridine rings is 1. The summed E-state index contributed by atoms with van der Waals surface area (Å²) < 4.78 is 41.0. The molecule has 0 aliphatic carbocycles. The van der Waals surface area contributed by atoms with E-state index in [4.69, 9.17) is 0 Å². The number of halogens is 1. The van der Waals surface area contributed by atoms with Gasteiger partial charge in [0.2, 0.25) is 10.0 Å². The minimum absolute atomic E-state index is 0.0133. The van der Waals surface area contributed by atoms with Gasteiger partial charge in [-0.1, -0.05) is 24.3 Å². The van der Waals surface area contributed by atoms with Gasteiger partial charge in [-0.3, -0.25) is 0 Å². The Kier molecular flexibility index (Phi) is 6.45. The number of benzene rings is 2. The second kappa shape index (κ2) is 9.03. The smallest absolute Gasteiger partial charge is 0.240 e. The normalized spacial score (nSPS) is 11.1. The molecule has 0 radical (unpaired) electrons. The lowest BCUT2D eigenvalue weighted by molar-refractivity contribution is 0.580. The second-order valence-corrected chi connectivity index (χ2v) is 8.64. The molecule has 6 nitrogen and oxygen atoms in total. The van der Waals surface area contributed by atoms with Gasteiger partial charge in [0.25, 0.3) is 0 Å². The first-order valence-corrected chi connectivity index (χ1v) is 10.7. The molecule has 8 heteroatoms. The molecule has 1 heterocycles. The number of nitrogens with one attached hydrogen (secondary N) is 2. The minimum Gasteiger partial charge on any atom is -0.365 e. The number of anilines is 1. The summed E-state index contributed by atoms with van der Waals surface area (Å²) in [5, 5.41) is 12.5. The predicted molar refractivity (Wildman–Crippen MR) is 113 cm³/mol. The van der Waals surface area contributed by atoms with E-state index in [0.717, 1.165) is 11.3 Å². The highest BCUT2D eigenvalue weighted by molar-refractivity contribution is 7.89. The summed E-state index contributed by atoms with van der Waals surface area (Å²) in [6.45, 7) is 3.98. The van der Waals surface area contributed by atoms with E-state index in [1.54, 1.807) is 24.3 Å². The van der Waals surface area contributed by atoms with Gasteiger partial charge in [-0.05, 0) is 60.9 Å². The lowest BCUT2D eigenvalue weighted by atomic mass is 10.1. The first-order chi connectivity index (χ1) is 14.3. The summed E-state index contributed by atoms with van der Waals surface area (Å²) in [6, 6.07) is 16.2. The van der Waals surface area contributed by atoms with Crippen LogP contribution in [0.2, 0.25) is 0 Å². The van der Waals surface area contributed by atoms with Gasteiger partial charge in [0.05, 0.1) is 10.5 Å². The fraction of sp³-hybridized carbons (Fsp3) is 0.182. The standard InChI is InChI=1S/C22H21FN4O2S/c1-15-9-16(2)27-22(21(15)12-24)25-13-18-6-4-8-20(11-18)30(28,29)26-14-17-5-3-7-19(23)10-17/h3-11,26H,13-14H2,1-2H3,(H,25,27). The van der Waals surface area contributed by atoms with E-state index in [1.165, 1.54) is 24.3 Å². The van der Waals surface area contributed by atoms with Crippen LogP contribution < -0.4 is 10.0 Å². The van der Waals surface area contributed by atoms with Crippen molar-refractivity contribution in [1.82, 2.24) is 9.71 Å². The Bertz CT molecular complexity index is 1220. The fourth-order valence-electron chi connectivity index (χ4n) is 3.02. The van der Waals surface area contributed by atoms with Crippen LogP contribution in [-0.4, -0.2) is 13.4 Å². The van der Waals surface area contributed by atoms with Crippen LogP contribution in [0.4, 0.5) is 10.2 Å². The molecule has 3 rings (SSSR count). The second-order valence-electron chi connectivity index (χ2n) is 6.87. The number of nitrogens with zero attached hydrogens (tertiary/aromatic N) is 2. The van der Waals surface area contributed by atoms with Gasteiger partial charge in [-0.25, -0.2) is 22.5 Å². The Hall–Kier alpha value is -3.28. The maximum Gasteiger partial charge on any atom is 0.240 e. The van der Waals surface area contributed by atoms with Crippen LogP contribution in [0, 0.1) is 31.0 Å². The van der Waals surface area contributed by atoms with E-state index in [-0.39, 0.29) is 11.4 Å². The molecule has 0 fully saturated rings. The average Bonchev–Trinajstić information content (AvgIpc) is 2.71. The van der Waals surface area contributed by atoms with Crippen LogP contribution in [0.25, 0.3) is 0 Å². The zero-order valence-corrected chi connectivity index (χ0v) is 17.4. The summed E-state index contributed by atoms with van der Waals surface area (Å²) in [5.41, 5.74) is 3.31. The highest BCUT2D eigenvalue weighted by Crippen LogP contribution is 2.19. The average molecular weight is 425 g/mol. The zero-order chi connectivity index (χ0) is 21.7. The van der Waals surface area contributed by atoms with Gasteiger partial charge in [0.15, 0.2) is 0 Å². The molecule has 1 aromatic heterocycles. The highest BCUT2D eigenvalue weighted by Gasteiger charge is 2.15. The number of hydrogen-bond donors (Lipinski definition) is 2. The van der Waals surface area contributed by atoms with E-state index in [2.05, 4.69) is 21.1 Å². The van der Waals surface area contributed by atoms with Crippen molar-refractivity contribution in [3.8, 4) is 6.07 Å². The van der Waals surface area contributed by atoms with Crippen molar-refractivity contribution < 1.29 is 12.8 Å². The summed E-state index contributed by atoms with van der Waals surface area (Å²) in [6.07, 6.45) is 0. The Morgan fingerprint density at radius 3 is 2.43 bits per heavy atom. The monoisotopic (exact) mass is 424 g/mol. The summed E-state index contributed by atoms with van der Waals surface area (Å²) in [4.78, 5) is 4.47. The van der Waals surface area contributed by atoms with Crippen molar-refractivity contribution in [2.24, 2.45) is 0 Å². The summed E-state index contributed by atoms with van der Waals surface area (Å²) in [5.74, 6) is 0.0454. The van der Waals surface area contributed by atoms with Crippen LogP contribution in [0.1, 0.15) is 27.9 Å². The van der Waals surface area contributed by atoms with Crippen LogP contribution in [-0.2, 0) is 23.1 Å². The molecule has 0 spiro atoms. The van der Waals surface area contributed by atoms with Crippen LogP contribution in [0.5, 0.6) is 0 Å². The van der Waals surface area contributed by atoms with Crippen molar-refractivity contribution in [2.75, 3.05) is 5.32 Å². The first kappa shape index (κ1) is 21.4. The van der Waals surface area contributed by atoms with Crippen molar-refractivity contribution >= 4 is 15.8 Å². The fourth-order valence-corrected chi connectivity index (χ4v) is 4.11. The maximum atomic E-state index is 13.3. The van der Waals surface area contributed by atoms with Crippen LogP contribution in [0.3, 0.4) is 0 Å². The zero-order valence-electron chi connectivity index (χ0n) is 16.6. The number of sulfonamides is 1. The molecule has 0 amide bonds. The van der Waals surface area contributed by atoms with Crippen LogP contribution >= 0.6 is 0 Å². The lowest BCUT2D eigenvalue weighted by Crippen LogP contribution is -2.23. The Morgan fingerprint density at radius 2 is 1.73 bits per heavy atom. The molecular weight excluding hydrogens is 403 g/mol. The molecule has 0 saturated heterocycles. The van der Waals surface area contributed by atoms with Crippen molar-refractivity contribution in [1.29, 1.82) is 5.26 Å². The molecule has 0 atom stereocenters. The van der Waals surface area contributed by atoms with E-state index in [1.807, 2.05) is 19.9 Å². The van der Waals surface area contributed by atoms with Crippen molar-refractivity contribution in [3.63, 3.8) is 0 Å². The number of nitriles is 1. The molecule has 0 aliphatic rings. The molecule has 2 N–H and O–H groups in total. The molecular formula is C22H21FN4O2S. The van der Waals surface area contributed by atoms with Gasteiger partial charge in [-0.2, -0.15) is 5.26 Å². The van der Waals surface area contributed by atoms with Gasteiger partial charge in [-0.15, -0.1) is 0 Å². The lowest BCUT2D eigenvalue weighted by Gasteiger charge is -2.12. The molecule has 30 heavy (non-hydrogen) atoms. The van der Waals surface area contributed by atoms with E-state index in [9.17, 15) is 18.1 Å². The molecule has 0 saturated carbocycles. The minimum atomic E-state index is -3.77. The molecule has 0 aliphatic heterocycles. The molecule has 3 aromatic rings. The third kappa shape index (κ3) is 5.20. The predicted octanol–water partition coefficient (Wildman–Crippen LogP) is 3.80. The summed E-state index contributed by atoms with van der Waals surface area (Å²) in [7, 11) is -3.77. The van der Waals surface area contributed by atoms with E-state index < -0.39 is 15.8 Å². The molecule has 2 aromatic carbocycles. The van der Waals surface area contributed by atoms with Gasteiger partial charge in [0.1, 0.15) is 17.7 Å². The number of hydrogen-bond acceptors (Lipinski definition) is 5. The molecule has 154 valence electrons. The molecule has 0 unspecified atom stereocenters. The largest absolute Gasteiger partial charge is 0.365 e. The number of aromatic nitrogens is 1. The number of aryl methyl sites for hydroxylation is 2. The number of rotatable bonds is 7. The topological polar surface area (TPSA) is 94.9 Å². The SMILES string of the molecule is Cc1cc(C)c(C#N)c(NCc2cccc(S(=O)(=O)NCc3cccc(F)c3)c2)n1. The van der Waals surface area contributed by atoms with Gasteiger partial charge in [0, 0.05) is 18.8 Å². The van der Waals surface area contributed by atoms with Crippen molar-refractivity contribution in [3.05, 3.63) is 88.4 Å². The van der Waals surface area contributed by atoms with Gasteiger partial charge < -0.3 is 5.32 Å². The third-order valence-corrected chi connectivity index (χ3v) is 5.88.